The highest BCUT2D eigenvalue weighted by molar-refractivity contribution is 7.99. The number of hydrogen-bond acceptors (Lipinski definition) is 5. The molecule has 1 N–H and O–H groups in total. The first-order valence-corrected chi connectivity index (χ1v) is 8.90. The van der Waals surface area contributed by atoms with Gasteiger partial charge in [-0.3, -0.25) is 4.79 Å². The van der Waals surface area contributed by atoms with E-state index in [0.29, 0.717) is 16.9 Å². The third-order valence-electron chi connectivity index (χ3n) is 4.12. The molecule has 2 heterocycles. The molecule has 0 aliphatic carbocycles. The standard InChI is InChI=1S/C21H14N2O2S/c22-11-10-14(18-7-4-12-25-18)13-17(24)15-5-3-9-20-21(15)23-16-6-1-2-8-19(16)26-20/h1-10,12,23H,13H2. The zero-order valence-electron chi connectivity index (χ0n) is 13.7. The number of carbonyl (C=O) groups is 1. The molecule has 26 heavy (non-hydrogen) atoms. The summed E-state index contributed by atoms with van der Waals surface area (Å²) in [5.74, 6) is 0.476. The minimum atomic E-state index is -0.0627. The van der Waals surface area contributed by atoms with E-state index in [1.54, 1.807) is 23.9 Å². The van der Waals surface area contributed by atoms with Crippen LogP contribution in [0.1, 0.15) is 22.5 Å². The Morgan fingerprint density at radius 1 is 1.12 bits per heavy atom. The number of hydrogen-bond donors (Lipinski definition) is 1. The van der Waals surface area contributed by atoms with Gasteiger partial charge in [-0.1, -0.05) is 30.0 Å². The van der Waals surface area contributed by atoms with Crippen LogP contribution in [-0.4, -0.2) is 5.78 Å². The molecule has 4 rings (SSSR count). The fourth-order valence-corrected chi connectivity index (χ4v) is 3.93. The average molecular weight is 358 g/mol. The summed E-state index contributed by atoms with van der Waals surface area (Å²) in [7, 11) is 0. The van der Waals surface area contributed by atoms with Crippen molar-refractivity contribution in [3.05, 3.63) is 78.3 Å². The topological polar surface area (TPSA) is 66.0 Å². The predicted molar refractivity (Wildman–Crippen MR) is 102 cm³/mol. The Labute approximate surface area is 155 Å². The maximum absolute atomic E-state index is 13.0. The molecule has 0 fully saturated rings. The highest BCUT2D eigenvalue weighted by Gasteiger charge is 2.22. The van der Waals surface area contributed by atoms with Crippen LogP contribution < -0.4 is 5.32 Å². The van der Waals surface area contributed by atoms with Crippen molar-refractivity contribution in [2.45, 2.75) is 16.2 Å². The fraction of sp³-hybridized carbons (Fsp3) is 0.0476. The molecule has 4 nitrogen and oxygen atoms in total. The lowest BCUT2D eigenvalue weighted by atomic mass is 9.99. The van der Waals surface area contributed by atoms with Crippen LogP contribution in [0.5, 0.6) is 0 Å². The molecular formula is C21H14N2O2S. The van der Waals surface area contributed by atoms with E-state index >= 15 is 0 Å². The van der Waals surface area contributed by atoms with Gasteiger partial charge in [0, 0.05) is 33.4 Å². The smallest absolute Gasteiger partial charge is 0.169 e. The lowest BCUT2D eigenvalue weighted by Crippen LogP contribution is -2.08. The quantitative estimate of drug-likeness (QED) is 0.376. The molecular weight excluding hydrogens is 344 g/mol. The van der Waals surface area contributed by atoms with E-state index in [4.69, 9.17) is 9.68 Å². The van der Waals surface area contributed by atoms with Crippen LogP contribution in [0.3, 0.4) is 0 Å². The molecule has 0 saturated heterocycles. The van der Waals surface area contributed by atoms with Gasteiger partial charge in [0.1, 0.15) is 5.76 Å². The number of benzene rings is 2. The maximum atomic E-state index is 13.0. The van der Waals surface area contributed by atoms with Gasteiger partial charge in [-0.25, -0.2) is 0 Å². The van der Waals surface area contributed by atoms with E-state index in [0.717, 1.165) is 21.2 Å². The third kappa shape index (κ3) is 3.03. The van der Waals surface area contributed by atoms with E-state index < -0.39 is 0 Å². The summed E-state index contributed by atoms with van der Waals surface area (Å²) in [6, 6.07) is 19.2. The number of Topliss-reactive ketones (excluding diaryl/α,β-unsaturated/α-hetero) is 1. The number of anilines is 2. The van der Waals surface area contributed by atoms with Crippen molar-refractivity contribution >= 4 is 34.5 Å². The molecule has 126 valence electrons. The van der Waals surface area contributed by atoms with Crippen LogP contribution in [0.15, 0.2) is 81.1 Å². The predicted octanol–water partition coefficient (Wildman–Crippen LogP) is 5.67. The minimum Gasteiger partial charge on any atom is -0.465 e. The number of fused-ring (bicyclic) bond motifs is 2. The highest BCUT2D eigenvalue weighted by Crippen LogP contribution is 2.45. The first-order valence-electron chi connectivity index (χ1n) is 8.09. The van der Waals surface area contributed by atoms with Crippen molar-refractivity contribution in [1.29, 1.82) is 5.26 Å². The molecule has 1 aliphatic rings. The second-order valence-corrected chi connectivity index (χ2v) is 6.86. The Balaban J connectivity index is 1.66. The zero-order chi connectivity index (χ0) is 17.9. The molecule has 1 aliphatic heterocycles. The fourth-order valence-electron chi connectivity index (χ4n) is 2.91. The number of allylic oxidation sites excluding steroid dienone is 2. The summed E-state index contributed by atoms with van der Waals surface area (Å²) in [6.45, 7) is 0. The van der Waals surface area contributed by atoms with Gasteiger partial charge in [-0.05, 0) is 36.4 Å². The number of nitrogens with zero attached hydrogens (tertiary/aromatic N) is 1. The summed E-state index contributed by atoms with van der Waals surface area (Å²) in [5, 5.41) is 12.4. The number of para-hydroxylation sites is 2. The van der Waals surface area contributed by atoms with Crippen molar-refractivity contribution < 1.29 is 9.21 Å². The maximum Gasteiger partial charge on any atom is 0.169 e. The number of carbonyl (C=O) groups excluding carboxylic acids is 1. The van der Waals surface area contributed by atoms with Crippen LogP contribution >= 0.6 is 11.8 Å². The second-order valence-electron chi connectivity index (χ2n) is 5.78. The number of ketones is 1. The van der Waals surface area contributed by atoms with Crippen molar-refractivity contribution in [1.82, 2.24) is 0 Å². The molecule has 0 spiro atoms. The Morgan fingerprint density at radius 3 is 2.77 bits per heavy atom. The highest BCUT2D eigenvalue weighted by atomic mass is 32.2. The lowest BCUT2D eigenvalue weighted by molar-refractivity contribution is 0.0998. The summed E-state index contributed by atoms with van der Waals surface area (Å²) >= 11 is 1.64. The van der Waals surface area contributed by atoms with Crippen molar-refractivity contribution in [3.63, 3.8) is 0 Å². The average Bonchev–Trinajstić information content (AvgIpc) is 3.20. The monoisotopic (exact) mass is 358 g/mol. The van der Waals surface area contributed by atoms with Crippen LogP contribution in [0.4, 0.5) is 11.4 Å². The molecule has 0 saturated carbocycles. The minimum absolute atomic E-state index is 0.0627. The van der Waals surface area contributed by atoms with Gasteiger partial charge in [-0.15, -0.1) is 0 Å². The first-order chi connectivity index (χ1) is 12.8. The van der Waals surface area contributed by atoms with Crippen LogP contribution in [0.2, 0.25) is 0 Å². The Hall–Kier alpha value is -3.23. The van der Waals surface area contributed by atoms with Gasteiger partial charge in [0.05, 0.1) is 23.7 Å². The van der Waals surface area contributed by atoms with E-state index in [1.165, 1.54) is 12.3 Å². The van der Waals surface area contributed by atoms with E-state index in [9.17, 15) is 4.79 Å². The van der Waals surface area contributed by atoms with Gasteiger partial charge >= 0.3 is 0 Å². The molecule has 0 unspecified atom stereocenters. The van der Waals surface area contributed by atoms with Crippen LogP contribution in [0, 0.1) is 11.3 Å². The summed E-state index contributed by atoms with van der Waals surface area (Å²) in [5.41, 5.74) is 2.99. The van der Waals surface area contributed by atoms with Gasteiger partial charge in [0.25, 0.3) is 0 Å². The van der Waals surface area contributed by atoms with Gasteiger partial charge in [-0.2, -0.15) is 5.26 Å². The van der Waals surface area contributed by atoms with Crippen LogP contribution in [0.25, 0.3) is 5.57 Å². The lowest BCUT2D eigenvalue weighted by Gasteiger charge is -2.22. The molecule has 0 bridgehead atoms. The largest absolute Gasteiger partial charge is 0.465 e. The van der Waals surface area contributed by atoms with Crippen molar-refractivity contribution in [3.8, 4) is 6.07 Å². The Bertz CT molecular complexity index is 1050. The van der Waals surface area contributed by atoms with E-state index in [2.05, 4.69) is 11.4 Å². The van der Waals surface area contributed by atoms with E-state index in [1.807, 2.05) is 42.5 Å². The summed E-state index contributed by atoms with van der Waals surface area (Å²) in [6.07, 6.45) is 3.00. The van der Waals surface area contributed by atoms with E-state index in [-0.39, 0.29) is 12.2 Å². The number of furan rings is 1. The molecule has 2 aromatic carbocycles. The molecule has 0 atom stereocenters. The second kappa shape index (κ2) is 6.95. The van der Waals surface area contributed by atoms with Gasteiger partial charge in [0.2, 0.25) is 0 Å². The zero-order valence-corrected chi connectivity index (χ0v) is 14.5. The normalized spacial score (nSPS) is 12.5. The van der Waals surface area contributed by atoms with Crippen molar-refractivity contribution in [2.24, 2.45) is 0 Å². The molecule has 3 aromatic rings. The van der Waals surface area contributed by atoms with Gasteiger partial charge < -0.3 is 9.73 Å². The van der Waals surface area contributed by atoms with Crippen molar-refractivity contribution in [2.75, 3.05) is 5.32 Å². The molecule has 5 heteroatoms. The molecule has 0 amide bonds. The Morgan fingerprint density at radius 2 is 1.96 bits per heavy atom. The molecule has 1 aromatic heterocycles. The summed E-state index contributed by atoms with van der Waals surface area (Å²) in [4.78, 5) is 15.1. The van der Waals surface area contributed by atoms with Gasteiger partial charge in [0.15, 0.2) is 5.78 Å². The Kier molecular flexibility index (Phi) is 4.34. The SMILES string of the molecule is N#CC=C(CC(=O)c1cccc2c1Nc1ccccc1S2)c1ccco1. The first kappa shape index (κ1) is 16.2. The number of nitrogens with one attached hydrogen (secondary N) is 1. The number of nitriles is 1. The number of rotatable bonds is 4. The summed E-state index contributed by atoms with van der Waals surface area (Å²) < 4.78 is 5.35. The van der Waals surface area contributed by atoms with Crippen LogP contribution in [-0.2, 0) is 0 Å². The third-order valence-corrected chi connectivity index (χ3v) is 5.26. The molecule has 0 radical (unpaired) electrons.